The molecular formula is C21H33IN6S. The van der Waals surface area contributed by atoms with E-state index in [0.717, 1.165) is 43.7 Å². The summed E-state index contributed by atoms with van der Waals surface area (Å²) in [5.41, 5.74) is 0.524. The number of likely N-dealkylation sites (tertiary alicyclic amines) is 1. The number of guanidine groups is 1. The second kappa shape index (κ2) is 10.2. The zero-order valence-corrected chi connectivity index (χ0v) is 20.7. The molecule has 0 atom stereocenters. The van der Waals surface area contributed by atoms with Crippen molar-refractivity contribution >= 4 is 41.3 Å². The van der Waals surface area contributed by atoms with Gasteiger partial charge in [0, 0.05) is 31.6 Å². The van der Waals surface area contributed by atoms with E-state index >= 15 is 0 Å². The van der Waals surface area contributed by atoms with Crippen LogP contribution in [0.4, 0.5) is 0 Å². The van der Waals surface area contributed by atoms with Gasteiger partial charge < -0.3 is 14.8 Å². The summed E-state index contributed by atoms with van der Waals surface area (Å²) in [6.45, 7) is 5.73. The molecule has 29 heavy (non-hydrogen) atoms. The van der Waals surface area contributed by atoms with Gasteiger partial charge in [0.05, 0.1) is 0 Å². The number of halogens is 1. The number of aryl methyl sites for hydroxylation is 1. The Morgan fingerprint density at radius 1 is 1.24 bits per heavy atom. The van der Waals surface area contributed by atoms with Crippen LogP contribution < -0.4 is 5.32 Å². The van der Waals surface area contributed by atoms with E-state index in [-0.39, 0.29) is 24.0 Å². The van der Waals surface area contributed by atoms with Crippen LogP contribution in [0.25, 0.3) is 0 Å². The number of nitrogens with one attached hydrogen (secondary N) is 1. The van der Waals surface area contributed by atoms with Crippen LogP contribution in [0, 0.1) is 12.3 Å². The van der Waals surface area contributed by atoms with Gasteiger partial charge in [-0.05, 0) is 49.5 Å². The second-order valence-corrected chi connectivity index (χ2v) is 9.38. The van der Waals surface area contributed by atoms with Crippen LogP contribution in [0.1, 0.15) is 55.1 Å². The Hall–Kier alpha value is -1.16. The highest BCUT2D eigenvalue weighted by atomic mass is 127. The van der Waals surface area contributed by atoms with Gasteiger partial charge in [0.2, 0.25) is 0 Å². The average Bonchev–Trinajstić information content (AvgIpc) is 3.43. The molecule has 1 spiro atoms. The number of aromatic nitrogens is 3. The standard InChI is InChI=1S/C21H32N6S.HI/c1-17-24-25-19(26(17)2)15-23-20(22-12-8-18-7-6-14-28-18)27-13-11-21(16-27)9-4-3-5-10-21;/h6-7,14H,3-5,8-13,15-16H2,1-2H3,(H,22,23);1H. The zero-order valence-electron chi connectivity index (χ0n) is 17.6. The topological polar surface area (TPSA) is 58.3 Å². The number of hydrogen-bond acceptors (Lipinski definition) is 4. The summed E-state index contributed by atoms with van der Waals surface area (Å²) in [7, 11) is 2.01. The first-order valence-corrected chi connectivity index (χ1v) is 11.4. The Morgan fingerprint density at radius 3 is 2.76 bits per heavy atom. The first kappa shape index (κ1) is 22.5. The normalized spacial score (nSPS) is 18.8. The predicted octanol–water partition coefficient (Wildman–Crippen LogP) is 4.15. The molecule has 2 aromatic rings. The van der Waals surface area contributed by atoms with Crippen molar-refractivity contribution in [1.82, 2.24) is 25.0 Å². The molecule has 0 aromatic carbocycles. The van der Waals surface area contributed by atoms with Gasteiger partial charge in [-0.15, -0.1) is 45.5 Å². The number of thiophene rings is 1. The van der Waals surface area contributed by atoms with Gasteiger partial charge in [0.15, 0.2) is 11.8 Å². The summed E-state index contributed by atoms with van der Waals surface area (Å²) < 4.78 is 2.03. The van der Waals surface area contributed by atoms with E-state index < -0.39 is 0 Å². The molecule has 4 rings (SSSR count). The maximum Gasteiger partial charge on any atom is 0.194 e. The monoisotopic (exact) mass is 528 g/mol. The Bertz CT molecular complexity index is 794. The third-order valence-corrected chi connectivity index (χ3v) is 7.38. The molecular weight excluding hydrogens is 495 g/mol. The smallest absolute Gasteiger partial charge is 0.194 e. The highest BCUT2D eigenvalue weighted by Crippen LogP contribution is 2.43. The highest BCUT2D eigenvalue weighted by molar-refractivity contribution is 14.0. The van der Waals surface area contributed by atoms with Gasteiger partial charge in [-0.25, -0.2) is 4.99 Å². The summed E-state index contributed by atoms with van der Waals surface area (Å²) >= 11 is 1.82. The lowest BCUT2D eigenvalue weighted by atomic mass is 9.73. The molecule has 2 aromatic heterocycles. The fourth-order valence-corrected chi connectivity index (χ4v) is 5.29. The minimum Gasteiger partial charge on any atom is -0.356 e. The Kier molecular flexibility index (Phi) is 7.95. The molecule has 3 heterocycles. The van der Waals surface area contributed by atoms with E-state index in [1.54, 1.807) is 0 Å². The zero-order chi connectivity index (χ0) is 19.4. The van der Waals surface area contributed by atoms with Crippen molar-refractivity contribution in [3.05, 3.63) is 34.0 Å². The van der Waals surface area contributed by atoms with E-state index in [1.165, 1.54) is 43.4 Å². The summed E-state index contributed by atoms with van der Waals surface area (Å²) in [6, 6.07) is 4.33. The quantitative estimate of drug-likeness (QED) is 0.360. The van der Waals surface area contributed by atoms with E-state index in [1.807, 2.05) is 29.9 Å². The second-order valence-electron chi connectivity index (χ2n) is 8.35. The minimum atomic E-state index is 0. The summed E-state index contributed by atoms with van der Waals surface area (Å²) in [6.07, 6.45) is 9.31. The molecule has 160 valence electrons. The number of nitrogens with zero attached hydrogens (tertiary/aromatic N) is 5. The largest absolute Gasteiger partial charge is 0.356 e. The van der Waals surface area contributed by atoms with Crippen LogP contribution in [0.15, 0.2) is 22.5 Å². The highest BCUT2D eigenvalue weighted by Gasteiger charge is 2.39. The lowest BCUT2D eigenvalue weighted by Crippen LogP contribution is -2.42. The minimum absolute atomic E-state index is 0. The molecule has 1 saturated carbocycles. The van der Waals surface area contributed by atoms with E-state index in [2.05, 4.69) is 37.9 Å². The van der Waals surface area contributed by atoms with Crippen molar-refractivity contribution in [2.75, 3.05) is 19.6 Å². The number of aliphatic imine (C=N–C) groups is 1. The van der Waals surface area contributed by atoms with Gasteiger partial charge in [-0.1, -0.05) is 25.3 Å². The average molecular weight is 529 g/mol. The predicted molar refractivity (Wildman–Crippen MR) is 130 cm³/mol. The summed E-state index contributed by atoms with van der Waals surface area (Å²) in [4.78, 5) is 8.87. The lowest BCUT2D eigenvalue weighted by Gasteiger charge is -2.33. The number of hydrogen-bond donors (Lipinski definition) is 1. The van der Waals surface area contributed by atoms with Gasteiger partial charge in [0.1, 0.15) is 12.4 Å². The van der Waals surface area contributed by atoms with Crippen molar-refractivity contribution in [1.29, 1.82) is 0 Å². The van der Waals surface area contributed by atoms with Crippen LogP contribution in [0.2, 0.25) is 0 Å². The Balaban J connectivity index is 0.00000240. The van der Waals surface area contributed by atoms with Crippen molar-refractivity contribution in [3.63, 3.8) is 0 Å². The summed E-state index contributed by atoms with van der Waals surface area (Å²) in [5.74, 6) is 2.89. The molecule has 1 aliphatic heterocycles. The first-order chi connectivity index (χ1) is 13.7. The summed E-state index contributed by atoms with van der Waals surface area (Å²) in [5, 5.41) is 14.2. The maximum absolute atomic E-state index is 4.96. The van der Waals surface area contributed by atoms with Crippen molar-refractivity contribution in [3.8, 4) is 0 Å². The Labute approximate surface area is 195 Å². The molecule has 1 N–H and O–H groups in total. The van der Waals surface area contributed by atoms with E-state index in [9.17, 15) is 0 Å². The van der Waals surface area contributed by atoms with Gasteiger partial charge in [0.25, 0.3) is 0 Å². The molecule has 0 bridgehead atoms. The van der Waals surface area contributed by atoms with Crippen LogP contribution in [-0.2, 0) is 20.0 Å². The van der Waals surface area contributed by atoms with Crippen molar-refractivity contribution in [2.45, 2.75) is 58.4 Å². The molecule has 6 nitrogen and oxygen atoms in total. The molecule has 1 aliphatic carbocycles. The molecule has 0 amide bonds. The van der Waals surface area contributed by atoms with Crippen LogP contribution >= 0.6 is 35.3 Å². The van der Waals surface area contributed by atoms with Crippen molar-refractivity contribution in [2.24, 2.45) is 17.5 Å². The third kappa shape index (κ3) is 5.51. The molecule has 0 radical (unpaired) electrons. The van der Waals surface area contributed by atoms with Gasteiger partial charge >= 0.3 is 0 Å². The van der Waals surface area contributed by atoms with Crippen LogP contribution in [0.5, 0.6) is 0 Å². The lowest BCUT2D eigenvalue weighted by molar-refractivity contribution is 0.203. The van der Waals surface area contributed by atoms with E-state index in [0.29, 0.717) is 12.0 Å². The fourth-order valence-electron chi connectivity index (χ4n) is 4.58. The van der Waals surface area contributed by atoms with Crippen LogP contribution in [-0.4, -0.2) is 45.3 Å². The van der Waals surface area contributed by atoms with E-state index in [4.69, 9.17) is 4.99 Å². The van der Waals surface area contributed by atoms with Gasteiger partial charge in [-0.3, -0.25) is 0 Å². The molecule has 1 saturated heterocycles. The number of rotatable bonds is 5. The molecule has 2 aliphatic rings. The van der Waals surface area contributed by atoms with Crippen molar-refractivity contribution < 1.29 is 0 Å². The first-order valence-electron chi connectivity index (χ1n) is 10.6. The van der Waals surface area contributed by atoms with Gasteiger partial charge in [-0.2, -0.15) is 0 Å². The fraction of sp³-hybridized carbons (Fsp3) is 0.667. The molecule has 2 fully saturated rings. The van der Waals surface area contributed by atoms with Crippen LogP contribution in [0.3, 0.4) is 0 Å². The maximum atomic E-state index is 4.96. The molecule has 8 heteroatoms. The SMILES string of the molecule is Cc1nnc(CN=C(NCCc2cccs2)N2CCC3(CCCCC3)C2)n1C.I. The molecule has 0 unspecified atom stereocenters. The Morgan fingerprint density at radius 2 is 2.07 bits per heavy atom. The third-order valence-electron chi connectivity index (χ3n) is 6.44.